The highest BCUT2D eigenvalue weighted by Crippen LogP contribution is 2.16. The van der Waals surface area contributed by atoms with Crippen LogP contribution in [0.1, 0.15) is 74.1 Å². The fourth-order valence-electron chi connectivity index (χ4n) is 2.19. The molecule has 1 aromatic heterocycles. The number of carbonyl (C=O) groups is 1. The van der Waals surface area contributed by atoms with Crippen molar-refractivity contribution in [2.75, 3.05) is 0 Å². The molecule has 0 bridgehead atoms. The van der Waals surface area contributed by atoms with E-state index in [1.165, 1.54) is 49.8 Å². The van der Waals surface area contributed by atoms with E-state index in [1.54, 1.807) is 0 Å². The molecular formula is C15H25NO. The average Bonchev–Trinajstić information content (AvgIpc) is 2.73. The predicted octanol–water partition coefficient (Wildman–Crippen LogP) is 4.29. The maximum atomic E-state index is 10.8. The fourth-order valence-corrected chi connectivity index (χ4v) is 2.19. The van der Waals surface area contributed by atoms with Crippen molar-refractivity contribution in [2.45, 2.75) is 65.2 Å². The van der Waals surface area contributed by atoms with Gasteiger partial charge >= 0.3 is 0 Å². The van der Waals surface area contributed by atoms with E-state index in [0.717, 1.165) is 24.8 Å². The number of carbonyl (C=O) groups excluding carboxylic acids is 1. The first-order valence-electron chi connectivity index (χ1n) is 6.97. The fraction of sp³-hybridized carbons (Fsp3) is 0.667. The first kappa shape index (κ1) is 14.0. The molecule has 17 heavy (non-hydrogen) atoms. The van der Waals surface area contributed by atoms with Crippen LogP contribution >= 0.6 is 0 Å². The van der Waals surface area contributed by atoms with E-state index in [4.69, 9.17) is 0 Å². The molecule has 0 atom stereocenters. The zero-order chi connectivity index (χ0) is 12.5. The van der Waals surface area contributed by atoms with E-state index in [0.29, 0.717) is 0 Å². The Morgan fingerprint density at radius 1 is 1.06 bits per heavy atom. The van der Waals surface area contributed by atoms with Crippen molar-refractivity contribution in [3.63, 3.8) is 0 Å². The van der Waals surface area contributed by atoms with Crippen molar-refractivity contribution < 1.29 is 4.79 Å². The van der Waals surface area contributed by atoms with Crippen molar-refractivity contribution in [1.82, 2.24) is 4.98 Å². The summed E-state index contributed by atoms with van der Waals surface area (Å²) < 4.78 is 0. The third kappa shape index (κ3) is 4.76. The number of aromatic amines is 1. The summed E-state index contributed by atoms with van der Waals surface area (Å²) in [5.41, 5.74) is 3.39. The van der Waals surface area contributed by atoms with Gasteiger partial charge in [0.2, 0.25) is 0 Å². The summed E-state index contributed by atoms with van der Waals surface area (Å²) in [7, 11) is 0. The monoisotopic (exact) mass is 235 g/mol. The number of unbranched alkanes of at least 4 members (excludes halogenated alkanes) is 4. The number of rotatable bonds is 9. The Labute approximate surface area is 105 Å². The van der Waals surface area contributed by atoms with E-state index in [1.807, 2.05) is 6.07 Å². The van der Waals surface area contributed by atoms with Crippen molar-refractivity contribution in [3.8, 4) is 0 Å². The summed E-state index contributed by atoms with van der Waals surface area (Å²) in [4.78, 5) is 14.0. The van der Waals surface area contributed by atoms with E-state index < -0.39 is 0 Å². The van der Waals surface area contributed by atoms with Gasteiger partial charge in [-0.05, 0) is 37.3 Å². The van der Waals surface area contributed by atoms with Gasteiger partial charge in [0, 0.05) is 5.69 Å². The van der Waals surface area contributed by atoms with Crippen molar-refractivity contribution in [1.29, 1.82) is 0 Å². The highest BCUT2D eigenvalue weighted by molar-refractivity contribution is 5.72. The van der Waals surface area contributed by atoms with E-state index in [-0.39, 0.29) is 0 Å². The molecule has 2 heteroatoms. The van der Waals surface area contributed by atoms with Crippen molar-refractivity contribution in [2.24, 2.45) is 0 Å². The van der Waals surface area contributed by atoms with Crippen LogP contribution in [0.3, 0.4) is 0 Å². The average molecular weight is 235 g/mol. The summed E-state index contributed by atoms with van der Waals surface area (Å²) >= 11 is 0. The molecule has 0 radical (unpaired) electrons. The molecule has 0 fully saturated rings. The molecule has 96 valence electrons. The zero-order valence-corrected chi connectivity index (χ0v) is 11.2. The highest BCUT2D eigenvalue weighted by Gasteiger charge is 2.07. The maximum Gasteiger partial charge on any atom is 0.166 e. The third-order valence-electron chi connectivity index (χ3n) is 3.22. The van der Waals surface area contributed by atoms with Gasteiger partial charge in [0.1, 0.15) is 0 Å². The van der Waals surface area contributed by atoms with Gasteiger partial charge in [0.15, 0.2) is 6.29 Å². The lowest BCUT2D eigenvalue weighted by molar-refractivity contribution is 0.111. The van der Waals surface area contributed by atoms with Crippen LogP contribution in [0.5, 0.6) is 0 Å². The maximum absolute atomic E-state index is 10.8. The molecule has 1 N–H and O–H groups in total. The topological polar surface area (TPSA) is 32.9 Å². The molecule has 0 saturated carbocycles. The minimum absolute atomic E-state index is 0.739. The zero-order valence-electron chi connectivity index (χ0n) is 11.2. The summed E-state index contributed by atoms with van der Waals surface area (Å²) in [6, 6.07) is 2.03. The number of nitrogens with one attached hydrogen (secondary N) is 1. The molecule has 0 spiro atoms. The molecular weight excluding hydrogens is 210 g/mol. The lowest BCUT2D eigenvalue weighted by Crippen LogP contribution is -1.93. The summed E-state index contributed by atoms with van der Waals surface area (Å²) in [5, 5.41) is 0. The third-order valence-corrected chi connectivity index (χ3v) is 3.22. The van der Waals surface area contributed by atoms with Crippen molar-refractivity contribution in [3.05, 3.63) is 23.0 Å². The normalized spacial score (nSPS) is 10.7. The SMILES string of the molecule is CCCCCc1cc(C=O)[nH]c1CCCCC. The first-order valence-corrected chi connectivity index (χ1v) is 6.97. The van der Waals surface area contributed by atoms with Crippen LogP contribution in [0.4, 0.5) is 0 Å². The second-order valence-electron chi connectivity index (χ2n) is 4.76. The minimum Gasteiger partial charge on any atom is -0.356 e. The molecule has 1 rings (SSSR count). The number of hydrogen-bond acceptors (Lipinski definition) is 1. The second-order valence-corrected chi connectivity index (χ2v) is 4.76. The molecule has 0 amide bonds. The summed E-state index contributed by atoms with van der Waals surface area (Å²) in [5.74, 6) is 0. The van der Waals surface area contributed by atoms with Gasteiger partial charge in [0.25, 0.3) is 0 Å². The largest absolute Gasteiger partial charge is 0.356 e. The summed E-state index contributed by atoms with van der Waals surface area (Å²) in [6.45, 7) is 4.43. The second kappa shape index (κ2) is 8.10. The number of hydrogen-bond donors (Lipinski definition) is 1. The first-order chi connectivity index (χ1) is 8.31. The van der Waals surface area contributed by atoms with Crippen LogP contribution in [0.25, 0.3) is 0 Å². The molecule has 0 aliphatic rings. The number of H-pyrrole nitrogens is 1. The van der Waals surface area contributed by atoms with Gasteiger partial charge in [0.05, 0.1) is 5.69 Å². The quantitative estimate of drug-likeness (QED) is 0.502. The predicted molar refractivity (Wildman–Crippen MR) is 72.6 cm³/mol. The molecule has 0 saturated heterocycles. The Hall–Kier alpha value is -1.05. The number of aldehydes is 1. The molecule has 0 aliphatic carbocycles. The van der Waals surface area contributed by atoms with E-state index in [9.17, 15) is 4.79 Å². The smallest absolute Gasteiger partial charge is 0.166 e. The van der Waals surface area contributed by atoms with Crippen molar-refractivity contribution >= 4 is 6.29 Å². The van der Waals surface area contributed by atoms with Gasteiger partial charge in [-0.2, -0.15) is 0 Å². The van der Waals surface area contributed by atoms with Crippen LogP contribution in [-0.2, 0) is 12.8 Å². The van der Waals surface area contributed by atoms with Crippen LogP contribution in [-0.4, -0.2) is 11.3 Å². The van der Waals surface area contributed by atoms with Gasteiger partial charge in [-0.1, -0.05) is 39.5 Å². The Morgan fingerprint density at radius 2 is 1.71 bits per heavy atom. The Kier molecular flexibility index (Phi) is 6.68. The van der Waals surface area contributed by atoms with Gasteiger partial charge in [-0.3, -0.25) is 4.79 Å². The van der Waals surface area contributed by atoms with Gasteiger partial charge in [-0.15, -0.1) is 0 Å². The Morgan fingerprint density at radius 3 is 2.29 bits per heavy atom. The molecule has 0 unspecified atom stereocenters. The van der Waals surface area contributed by atoms with Gasteiger partial charge in [-0.25, -0.2) is 0 Å². The molecule has 1 heterocycles. The van der Waals surface area contributed by atoms with E-state index >= 15 is 0 Å². The van der Waals surface area contributed by atoms with E-state index in [2.05, 4.69) is 18.8 Å². The van der Waals surface area contributed by atoms with Crippen LogP contribution in [0, 0.1) is 0 Å². The Bertz CT molecular complexity index is 300. The lowest BCUT2D eigenvalue weighted by atomic mass is 10.0. The standard InChI is InChI=1S/C15H25NO/c1-3-5-7-9-13-11-14(12-17)16-15(13)10-8-6-4-2/h11-12,16H,3-10H2,1-2H3. The molecule has 2 nitrogen and oxygen atoms in total. The van der Waals surface area contributed by atoms with Gasteiger partial charge < -0.3 is 4.98 Å². The minimum atomic E-state index is 0.739. The number of aryl methyl sites for hydroxylation is 2. The van der Waals surface area contributed by atoms with Crippen LogP contribution in [0.15, 0.2) is 6.07 Å². The summed E-state index contributed by atoms with van der Waals surface area (Å²) in [6.07, 6.45) is 10.6. The highest BCUT2D eigenvalue weighted by atomic mass is 16.1. The van der Waals surface area contributed by atoms with Crippen LogP contribution in [0.2, 0.25) is 0 Å². The molecule has 0 aromatic carbocycles. The number of aromatic nitrogens is 1. The molecule has 1 aromatic rings. The lowest BCUT2D eigenvalue weighted by Gasteiger charge is -2.03. The Balaban J connectivity index is 2.57. The molecule has 0 aliphatic heterocycles. The van der Waals surface area contributed by atoms with Crippen LogP contribution < -0.4 is 0 Å².